The summed E-state index contributed by atoms with van der Waals surface area (Å²) in [5.41, 5.74) is 1.38. The highest BCUT2D eigenvalue weighted by atomic mass is 19.1. The Bertz CT molecular complexity index is 1110. The standard InChI is InChI=1S/C19H15FN4O4/c1-12-10-15(24(27)28)6-7-16(12)21-18(25)11-23-19(26)9-8-17(22-23)13-2-4-14(20)5-3-13/h2-10H,11H2,1H3,(H,21,25). The van der Waals surface area contributed by atoms with Crippen molar-refractivity contribution in [2.75, 3.05) is 5.32 Å². The lowest BCUT2D eigenvalue weighted by atomic mass is 10.1. The molecule has 0 saturated carbocycles. The predicted octanol–water partition coefficient (Wildman–Crippen LogP) is 2.90. The maximum Gasteiger partial charge on any atom is 0.269 e. The number of halogens is 1. The van der Waals surface area contributed by atoms with Crippen LogP contribution in [0.2, 0.25) is 0 Å². The van der Waals surface area contributed by atoms with Gasteiger partial charge in [-0.25, -0.2) is 9.07 Å². The van der Waals surface area contributed by atoms with Crippen molar-refractivity contribution in [1.82, 2.24) is 9.78 Å². The summed E-state index contributed by atoms with van der Waals surface area (Å²) in [5.74, 6) is -0.905. The number of benzene rings is 2. The van der Waals surface area contributed by atoms with Crippen LogP contribution in [0.25, 0.3) is 11.3 Å². The second kappa shape index (κ2) is 7.78. The van der Waals surface area contributed by atoms with E-state index >= 15 is 0 Å². The summed E-state index contributed by atoms with van der Waals surface area (Å²) >= 11 is 0. The van der Waals surface area contributed by atoms with E-state index in [0.29, 0.717) is 22.5 Å². The van der Waals surface area contributed by atoms with Crippen LogP contribution in [0, 0.1) is 22.9 Å². The van der Waals surface area contributed by atoms with Crippen molar-refractivity contribution in [3.05, 3.63) is 86.4 Å². The Balaban J connectivity index is 1.79. The van der Waals surface area contributed by atoms with Gasteiger partial charge in [0.05, 0.1) is 10.6 Å². The zero-order chi connectivity index (χ0) is 20.3. The molecule has 1 N–H and O–H groups in total. The maximum absolute atomic E-state index is 13.1. The zero-order valence-electron chi connectivity index (χ0n) is 14.8. The van der Waals surface area contributed by atoms with Crippen LogP contribution in [0.5, 0.6) is 0 Å². The molecule has 0 radical (unpaired) electrons. The van der Waals surface area contributed by atoms with Crippen LogP contribution in [0.1, 0.15) is 5.56 Å². The second-order valence-electron chi connectivity index (χ2n) is 6.03. The smallest absolute Gasteiger partial charge is 0.269 e. The molecule has 28 heavy (non-hydrogen) atoms. The number of carbonyl (C=O) groups is 1. The molecule has 1 heterocycles. The fourth-order valence-electron chi connectivity index (χ4n) is 2.56. The van der Waals surface area contributed by atoms with Crippen molar-refractivity contribution >= 4 is 17.3 Å². The molecule has 0 spiro atoms. The minimum absolute atomic E-state index is 0.0830. The number of amides is 1. The number of nitro groups is 1. The van der Waals surface area contributed by atoms with Gasteiger partial charge in [0, 0.05) is 29.4 Å². The lowest BCUT2D eigenvalue weighted by molar-refractivity contribution is -0.384. The van der Waals surface area contributed by atoms with Gasteiger partial charge >= 0.3 is 0 Å². The summed E-state index contributed by atoms with van der Waals surface area (Å²) < 4.78 is 14.1. The molecule has 9 heteroatoms. The lowest BCUT2D eigenvalue weighted by Crippen LogP contribution is -2.29. The van der Waals surface area contributed by atoms with E-state index in [-0.39, 0.29) is 12.2 Å². The molecule has 0 aliphatic heterocycles. The molecule has 3 aromatic rings. The fraction of sp³-hybridized carbons (Fsp3) is 0.105. The molecule has 1 aromatic heterocycles. The first-order valence-corrected chi connectivity index (χ1v) is 8.22. The molecule has 0 fully saturated rings. The van der Waals surface area contributed by atoms with Crippen LogP contribution >= 0.6 is 0 Å². The number of anilines is 1. The van der Waals surface area contributed by atoms with Gasteiger partial charge in [-0.1, -0.05) is 0 Å². The van der Waals surface area contributed by atoms with Gasteiger partial charge in [0.25, 0.3) is 11.2 Å². The van der Waals surface area contributed by atoms with Gasteiger partial charge in [-0.05, 0) is 48.9 Å². The van der Waals surface area contributed by atoms with Crippen molar-refractivity contribution in [1.29, 1.82) is 0 Å². The average Bonchev–Trinajstić information content (AvgIpc) is 2.65. The van der Waals surface area contributed by atoms with Gasteiger partial charge < -0.3 is 5.32 Å². The normalized spacial score (nSPS) is 10.5. The second-order valence-corrected chi connectivity index (χ2v) is 6.03. The van der Waals surface area contributed by atoms with Crippen LogP contribution in [0.3, 0.4) is 0 Å². The third-order valence-electron chi connectivity index (χ3n) is 3.99. The number of hydrogen-bond donors (Lipinski definition) is 1. The van der Waals surface area contributed by atoms with Crippen molar-refractivity contribution in [3.63, 3.8) is 0 Å². The summed E-state index contributed by atoms with van der Waals surface area (Å²) in [5, 5.41) is 17.5. The average molecular weight is 382 g/mol. The Labute approximate surface area is 158 Å². The molecular formula is C19H15FN4O4. The molecule has 0 unspecified atom stereocenters. The molecule has 0 aliphatic rings. The zero-order valence-corrected chi connectivity index (χ0v) is 14.8. The maximum atomic E-state index is 13.1. The third kappa shape index (κ3) is 4.26. The van der Waals surface area contributed by atoms with Gasteiger partial charge in [0.1, 0.15) is 12.4 Å². The molecule has 1 amide bonds. The van der Waals surface area contributed by atoms with Crippen molar-refractivity contribution in [3.8, 4) is 11.3 Å². The van der Waals surface area contributed by atoms with E-state index in [1.54, 1.807) is 6.92 Å². The Hall–Kier alpha value is -3.88. The first-order valence-electron chi connectivity index (χ1n) is 8.22. The molecule has 0 saturated heterocycles. The number of nitrogens with one attached hydrogen (secondary N) is 1. The van der Waals surface area contributed by atoms with Gasteiger partial charge in [-0.15, -0.1) is 0 Å². The highest BCUT2D eigenvalue weighted by Crippen LogP contribution is 2.21. The van der Waals surface area contributed by atoms with Gasteiger partial charge in [0.2, 0.25) is 5.91 Å². The van der Waals surface area contributed by atoms with Crippen LogP contribution in [-0.4, -0.2) is 20.6 Å². The number of nitro benzene ring substituents is 1. The van der Waals surface area contributed by atoms with Crippen LogP contribution in [0.4, 0.5) is 15.8 Å². The van der Waals surface area contributed by atoms with E-state index < -0.39 is 22.2 Å². The molecule has 2 aromatic carbocycles. The highest BCUT2D eigenvalue weighted by Gasteiger charge is 2.12. The van der Waals surface area contributed by atoms with Crippen LogP contribution in [0.15, 0.2) is 59.4 Å². The van der Waals surface area contributed by atoms with Crippen molar-refractivity contribution in [2.45, 2.75) is 13.5 Å². The number of nitrogens with zero attached hydrogens (tertiary/aromatic N) is 3. The summed E-state index contributed by atoms with van der Waals surface area (Å²) in [6.45, 7) is 1.28. The number of carbonyl (C=O) groups excluding carboxylic acids is 1. The number of aromatic nitrogens is 2. The monoisotopic (exact) mass is 382 g/mol. The van der Waals surface area contributed by atoms with Crippen molar-refractivity contribution < 1.29 is 14.1 Å². The number of hydrogen-bond acceptors (Lipinski definition) is 5. The minimum Gasteiger partial charge on any atom is -0.324 e. The van der Waals surface area contributed by atoms with E-state index in [4.69, 9.17) is 0 Å². The van der Waals surface area contributed by atoms with Crippen LogP contribution < -0.4 is 10.9 Å². The SMILES string of the molecule is Cc1cc([N+](=O)[O-])ccc1NC(=O)Cn1nc(-c2ccc(F)cc2)ccc1=O. The third-order valence-corrected chi connectivity index (χ3v) is 3.99. The summed E-state index contributed by atoms with van der Waals surface area (Å²) in [4.78, 5) is 34.6. The van der Waals surface area contributed by atoms with Gasteiger partial charge in [0.15, 0.2) is 0 Å². The fourth-order valence-corrected chi connectivity index (χ4v) is 2.56. The first-order chi connectivity index (χ1) is 13.3. The molecule has 142 valence electrons. The number of aryl methyl sites for hydroxylation is 1. The summed E-state index contributed by atoms with van der Waals surface area (Å²) in [7, 11) is 0. The highest BCUT2D eigenvalue weighted by molar-refractivity contribution is 5.91. The number of non-ortho nitro benzene ring substituents is 1. The minimum atomic E-state index is -0.525. The van der Waals surface area contributed by atoms with E-state index in [1.165, 1.54) is 54.6 Å². The van der Waals surface area contributed by atoms with E-state index in [1.807, 2.05) is 0 Å². The molecule has 0 bridgehead atoms. The van der Waals surface area contributed by atoms with Gasteiger partial charge in [-0.2, -0.15) is 5.10 Å². The molecule has 0 aliphatic carbocycles. The molecule has 3 rings (SSSR count). The largest absolute Gasteiger partial charge is 0.324 e. The van der Waals surface area contributed by atoms with Crippen molar-refractivity contribution in [2.24, 2.45) is 0 Å². The Morgan fingerprint density at radius 3 is 2.54 bits per heavy atom. The van der Waals surface area contributed by atoms with E-state index in [0.717, 1.165) is 4.68 Å². The first kappa shape index (κ1) is 18.9. The Morgan fingerprint density at radius 2 is 1.89 bits per heavy atom. The summed E-state index contributed by atoms with van der Waals surface area (Å²) in [6.07, 6.45) is 0. The Kier molecular flexibility index (Phi) is 5.25. The lowest BCUT2D eigenvalue weighted by Gasteiger charge is -2.10. The molecule has 8 nitrogen and oxygen atoms in total. The van der Waals surface area contributed by atoms with Gasteiger partial charge in [-0.3, -0.25) is 19.7 Å². The Morgan fingerprint density at radius 1 is 1.18 bits per heavy atom. The van der Waals surface area contributed by atoms with E-state index in [2.05, 4.69) is 10.4 Å². The van der Waals surface area contributed by atoms with E-state index in [9.17, 15) is 24.1 Å². The molecule has 0 atom stereocenters. The predicted molar refractivity (Wildman–Crippen MR) is 100 cm³/mol. The molecular weight excluding hydrogens is 367 g/mol. The van der Waals surface area contributed by atoms with Crippen LogP contribution in [-0.2, 0) is 11.3 Å². The topological polar surface area (TPSA) is 107 Å². The quantitative estimate of drug-likeness (QED) is 0.539. The summed E-state index contributed by atoms with van der Waals surface area (Å²) in [6, 6.07) is 12.4. The number of rotatable bonds is 5.